The molecule has 0 aliphatic rings. The summed E-state index contributed by atoms with van der Waals surface area (Å²) in [5, 5.41) is 7.68. The Morgan fingerprint density at radius 2 is 1.81 bits per heavy atom. The summed E-state index contributed by atoms with van der Waals surface area (Å²) in [7, 11) is 0. The van der Waals surface area contributed by atoms with Crippen LogP contribution in [0.5, 0.6) is 0 Å². The van der Waals surface area contributed by atoms with E-state index in [0.717, 1.165) is 28.0 Å². The number of nitrogens with two attached hydrogens (primary N) is 1. The number of imidazole rings is 1. The van der Waals surface area contributed by atoms with Gasteiger partial charge >= 0.3 is 0 Å². The summed E-state index contributed by atoms with van der Waals surface area (Å²) in [4.78, 5) is 17.9. The van der Waals surface area contributed by atoms with Crippen molar-refractivity contribution in [2.45, 2.75) is 19.8 Å². The standard InChI is InChI=1S/C26H20ClFN8/c1-13(2)26-34-23-16(25-32-12-33-35-25)9-15(14-5-7-30-21(29)11-14)10-20(23)36(26)19-6-8-31-24-17(27)3-4-18(28)22(19)24/h3-13H,1-2H3,(H2,29,30)(H,32,33,35). The highest BCUT2D eigenvalue weighted by Gasteiger charge is 2.23. The third-order valence-electron chi connectivity index (χ3n) is 6.10. The molecule has 0 saturated carbocycles. The van der Waals surface area contributed by atoms with Crippen LogP contribution in [0.2, 0.25) is 5.02 Å². The number of halogens is 2. The number of H-pyrrole nitrogens is 1. The second-order valence-corrected chi connectivity index (χ2v) is 9.15. The molecule has 0 fully saturated rings. The van der Waals surface area contributed by atoms with E-state index < -0.39 is 5.82 Å². The molecule has 0 aliphatic heterocycles. The van der Waals surface area contributed by atoms with Crippen molar-refractivity contribution in [2.75, 3.05) is 5.73 Å². The molecule has 0 radical (unpaired) electrons. The van der Waals surface area contributed by atoms with E-state index >= 15 is 4.39 Å². The molecule has 0 unspecified atom stereocenters. The van der Waals surface area contributed by atoms with Gasteiger partial charge in [-0.1, -0.05) is 25.4 Å². The fraction of sp³-hybridized carbons (Fsp3) is 0.115. The number of nitrogens with one attached hydrogen (secondary N) is 1. The van der Waals surface area contributed by atoms with Gasteiger partial charge in [0, 0.05) is 23.9 Å². The Balaban J connectivity index is 1.77. The quantitative estimate of drug-likeness (QED) is 0.312. The van der Waals surface area contributed by atoms with Crippen LogP contribution in [-0.4, -0.2) is 34.7 Å². The summed E-state index contributed by atoms with van der Waals surface area (Å²) < 4.78 is 17.2. The molecule has 4 aromatic heterocycles. The van der Waals surface area contributed by atoms with Crippen LogP contribution in [-0.2, 0) is 0 Å². The van der Waals surface area contributed by atoms with Crippen LogP contribution in [0.4, 0.5) is 10.2 Å². The zero-order valence-corrected chi connectivity index (χ0v) is 20.1. The van der Waals surface area contributed by atoms with E-state index in [9.17, 15) is 0 Å². The zero-order chi connectivity index (χ0) is 25.0. The number of pyridine rings is 2. The number of hydrogen-bond donors (Lipinski definition) is 2. The molecule has 178 valence electrons. The van der Waals surface area contributed by atoms with E-state index in [1.807, 2.05) is 36.6 Å². The summed E-state index contributed by atoms with van der Waals surface area (Å²) in [5.74, 6) is 1.33. The van der Waals surface area contributed by atoms with Crippen LogP contribution in [0.15, 0.2) is 61.2 Å². The van der Waals surface area contributed by atoms with Crippen LogP contribution < -0.4 is 5.73 Å². The molecule has 0 saturated heterocycles. The first-order chi connectivity index (χ1) is 17.4. The Bertz CT molecular complexity index is 1760. The minimum atomic E-state index is -0.414. The van der Waals surface area contributed by atoms with Gasteiger partial charge < -0.3 is 5.73 Å². The Kier molecular flexibility index (Phi) is 5.15. The molecule has 6 aromatic rings. The molecule has 0 spiro atoms. The second kappa shape index (κ2) is 8.39. The van der Waals surface area contributed by atoms with Gasteiger partial charge in [0.05, 0.1) is 27.1 Å². The topological polar surface area (TPSA) is 111 Å². The monoisotopic (exact) mass is 498 g/mol. The lowest BCUT2D eigenvalue weighted by molar-refractivity contribution is 0.638. The van der Waals surface area contributed by atoms with Crippen molar-refractivity contribution in [2.24, 2.45) is 0 Å². The lowest BCUT2D eigenvalue weighted by atomic mass is 10.0. The molecule has 0 amide bonds. The molecule has 10 heteroatoms. The number of fused-ring (bicyclic) bond motifs is 2. The molecule has 36 heavy (non-hydrogen) atoms. The summed E-state index contributed by atoms with van der Waals surface area (Å²) in [6, 6.07) is 12.3. The van der Waals surface area contributed by atoms with Crippen molar-refractivity contribution < 1.29 is 4.39 Å². The lowest BCUT2D eigenvalue weighted by Gasteiger charge is -2.15. The van der Waals surface area contributed by atoms with Gasteiger partial charge in [-0.15, -0.1) is 0 Å². The molecular formula is C26H20ClFN8. The molecular weight excluding hydrogens is 479 g/mol. The van der Waals surface area contributed by atoms with E-state index in [2.05, 4.69) is 25.1 Å². The normalized spacial score (nSPS) is 11.7. The van der Waals surface area contributed by atoms with E-state index in [1.54, 1.807) is 24.5 Å². The first-order valence-electron chi connectivity index (χ1n) is 11.3. The van der Waals surface area contributed by atoms with Crippen molar-refractivity contribution in [1.82, 2.24) is 34.7 Å². The highest BCUT2D eigenvalue weighted by atomic mass is 35.5. The van der Waals surface area contributed by atoms with Gasteiger partial charge in [0.25, 0.3) is 0 Å². The number of anilines is 1. The van der Waals surface area contributed by atoms with Gasteiger partial charge in [-0.25, -0.2) is 19.3 Å². The third kappa shape index (κ3) is 3.47. The maximum absolute atomic E-state index is 15.3. The summed E-state index contributed by atoms with van der Waals surface area (Å²) >= 11 is 6.40. The minimum Gasteiger partial charge on any atom is -0.384 e. The number of aromatic amines is 1. The highest BCUT2D eigenvalue weighted by molar-refractivity contribution is 6.35. The number of rotatable bonds is 4. The first kappa shape index (κ1) is 22.1. The fourth-order valence-electron chi connectivity index (χ4n) is 4.51. The smallest absolute Gasteiger partial charge is 0.157 e. The van der Waals surface area contributed by atoms with Gasteiger partial charge in [0.1, 0.15) is 29.3 Å². The first-order valence-corrected chi connectivity index (χ1v) is 11.7. The van der Waals surface area contributed by atoms with E-state index in [0.29, 0.717) is 38.8 Å². The molecule has 0 atom stereocenters. The maximum Gasteiger partial charge on any atom is 0.157 e. The van der Waals surface area contributed by atoms with Gasteiger partial charge in [0.15, 0.2) is 5.82 Å². The van der Waals surface area contributed by atoms with Crippen LogP contribution in [0.3, 0.4) is 0 Å². The molecule has 0 bridgehead atoms. The largest absolute Gasteiger partial charge is 0.384 e. The Morgan fingerprint density at radius 3 is 2.56 bits per heavy atom. The molecule has 6 rings (SSSR count). The average Bonchev–Trinajstić information content (AvgIpc) is 3.54. The van der Waals surface area contributed by atoms with Gasteiger partial charge in [-0.2, -0.15) is 5.10 Å². The van der Waals surface area contributed by atoms with Gasteiger partial charge in [0.2, 0.25) is 0 Å². The van der Waals surface area contributed by atoms with Crippen molar-refractivity contribution in [3.8, 4) is 28.2 Å². The maximum atomic E-state index is 15.3. The predicted octanol–water partition coefficient (Wildman–Crippen LogP) is 5.92. The number of aromatic nitrogens is 7. The van der Waals surface area contributed by atoms with Crippen LogP contribution >= 0.6 is 11.6 Å². The molecule has 0 aliphatic carbocycles. The zero-order valence-electron chi connectivity index (χ0n) is 19.4. The van der Waals surface area contributed by atoms with Gasteiger partial charge in [-0.05, 0) is 53.6 Å². The SMILES string of the molecule is CC(C)c1nc2c(-c3ncn[nH]3)cc(-c3ccnc(N)c3)cc2n1-c1ccnc2c(Cl)ccc(F)c12. The highest BCUT2D eigenvalue weighted by Crippen LogP contribution is 2.38. The van der Waals surface area contributed by atoms with Crippen molar-refractivity contribution in [3.05, 3.63) is 77.8 Å². The fourth-order valence-corrected chi connectivity index (χ4v) is 4.72. The molecule has 3 N–H and O–H groups in total. The predicted molar refractivity (Wildman–Crippen MR) is 138 cm³/mol. The van der Waals surface area contributed by atoms with Gasteiger partial charge in [-0.3, -0.25) is 14.6 Å². The third-order valence-corrected chi connectivity index (χ3v) is 6.40. The number of nitrogens with zero attached hydrogens (tertiary/aromatic N) is 6. The minimum absolute atomic E-state index is 0.0189. The molecule has 2 aromatic carbocycles. The molecule has 8 nitrogen and oxygen atoms in total. The van der Waals surface area contributed by atoms with Crippen LogP contribution in [0.1, 0.15) is 25.6 Å². The Hall–Kier alpha value is -4.37. The van der Waals surface area contributed by atoms with E-state index in [1.165, 1.54) is 18.5 Å². The van der Waals surface area contributed by atoms with E-state index in [-0.39, 0.29) is 5.92 Å². The Morgan fingerprint density at radius 1 is 0.972 bits per heavy atom. The van der Waals surface area contributed by atoms with Crippen molar-refractivity contribution in [3.63, 3.8) is 0 Å². The summed E-state index contributed by atoms with van der Waals surface area (Å²) in [6.07, 6.45) is 4.74. The summed E-state index contributed by atoms with van der Waals surface area (Å²) in [5.41, 5.74) is 10.9. The second-order valence-electron chi connectivity index (χ2n) is 8.74. The number of benzene rings is 2. The van der Waals surface area contributed by atoms with E-state index in [4.69, 9.17) is 22.3 Å². The average molecular weight is 499 g/mol. The van der Waals surface area contributed by atoms with Crippen molar-refractivity contribution >= 4 is 39.4 Å². The lowest BCUT2D eigenvalue weighted by Crippen LogP contribution is -2.05. The Labute approximate surface area is 210 Å². The molecule has 4 heterocycles. The summed E-state index contributed by atoms with van der Waals surface area (Å²) in [6.45, 7) is 4.09. The van der Waals surface area contributed by atoms with Crippen LogP contribution in [0.25, 0.3) is 50.1 Å². The number of hydrogen-bond acceptors (Lipinski definition) is 6. The van der Waals surface area contributed by atoms with Crippen molar-refractivity contribution in [1.29, 1.82) is 0 Å². The number of nitrogen functional groups attached to an aromatic ring is 1. The van der Waals surface area contributed by atoms with Crippen LogP contribution in [0, 0.1) is 5.82 Å².